The number of ketones is 1. The van der Waals surface area contributed by atoms with Crippen molar-refractivity contribution in [2.24, 2.45) is 0 Å². The summed E-state index contributed by atoms with van der Waals surface area (Å²) < 4.78 is 2.14. The fraction of sp³-hybridized carbons (Fsp3) is 0.136. The number of hydrogen-bond acceptors (Lipinski definition) is 1. The molecule has 0 saturated carbocycles. The Hall–Kier alpha value is -1.71. The predicted octanol–water partition coefficient (Wildman–Crippen LogP) is 6.89. The Labute approximate surface area is 164 Å². The van der Waals surface area contributed by atoms with Gasteiger partial charge in [-0.2, -0.15) is 0 Å². The second kappa shape index (κ2) is 6.89. The largest absolute Gasteiger partial charge is 0.295 e. The van der Waals surface area contributed by atoms with Gasteiger partial charge in [0.15, 0.2) is 5.78 Å². The third-order valence-electron chi connectivity index (χ3n) is 4.80. The lowest BCUT2D eigenvalue weighted by Crippen LogP contribution is -2.13. The van der Waals surface area contributed by atoms with E-state index in [1.807, 2.05) is 30.3 Å². The molecule has 0 spiro atoms. The number of carbonyl (C=O) groups excluding carboxylic acids is 1. The molecule has 1 nitrogen and oxygen atoms in total. The van der Waals surface area contributed by atoms with E-state index in [-0.39, 0.29) is 11.7 Å². The molecule has 1 aliphatic rings. The standard InChI is InChI=1S/C22H16Br2O/c23-21-8-4-3-6-18(21)15-11-16(13-17(25)12-15)20-10-9-14-5-1-2-7-19(14)22(20)24/h1-10,12,16H,11,13H2. The van der Waals surface area contributed by atoms with Crippen LogP contribution in [0.15, 0.2) is 75.7 Å². The average Bonchev–Trinajstić information content (AvgIpc) is 2.62. The molecule has 3 aromatic carbocycles. The number of allylic oxidation sites excluding steroid dienone is 2. The fourth-order valence-electron chi connectivity index (χ4n) is 3.59. The number of rotatable bonds is 2. The first-order chi connectivity index (χ1) is 12.1. The molecule has 1 aliphatic carbocycles. The smallest absolute Gasteiger partial charge is 0.156 e. The van der Waals surface area contributed by atoms with Crippen LogP contribution < -0.4 is 0 Å². The normalized spacial score (nSPS) is 17.6. The van der Waals surface area contributed by atoms with E-state index in [2.05, 4.69) is 68.3 Å². The molecule has 0 aliphatic heterocycles. The fourth-order valence-corrected chi connectivity index (χ4v) is 4.94. The van der Waals surface area contributed by atoms with Crippen molar-refractivity contribution in [3.05, 3.63) is 86.8 Å². The van der Waals surface area contributed by atoms with Gasteiger partial charge in [-0.05, 0) is 67.9 Å². The SMILES string of the molecule is O=C1C=C(c2ccccc2Br)CC(c2ccc3ccccc3c2Br)C1. The summed E-state index contributed by atoms with van der Waals surface area (Å²) in [6, 6.07) is 20.8. The zero-order valence-corrected chi connectivity index (χ0v) is 16.7. The molecule has 0 bridgehead atoms. The second-order valence-electron chi connectivity index (χ2n) is 6.41. The Morgan fingerprint density at radius 1 is 0.840 bits per heavy atom. The maximum absolute atomic E-state index is 12.4. The lowest BCUT2D eigenvalue weighted by molar-refractivity contribution is -0.115. The van der Waals surface area contributed by atoms with Gasteiger partial charge in [-0.3, -0.25) is 4.79 Å². The van der Waals surface area contributed by atoms with Gasteiger partial charge >= 0.3 is 0 Å². The third-order valence-corrected chi connectivity index (χ3v) is 6.38. The molecule has 0 fully saturated rings. The van der Waals surface area contributed by atoms with Gasteiger partial charge in [0.2, 0.25) is 0 Å². The highest BCUT2D eigenvalue weighted by Gasteiger charge is 2.25. The Morgan fingerprint density at radius 2 is 1.60 bits per heavy atom. The van der Waals surface area contributed by atoms with E-state index < -0.39 is 0 Å². The number of halogens is 2. The van der Waals surface area contributed by atoms with Gasteiger partial charge < -0.3 is 0 Å². The summed E-state index contributed by atoms with van der Waals surface area (Å²) in [6.45, 7) is 0. The van der Waals surface area contributed by atoms with Crippen LogP contribution in [0.4, 0.5) is 0 Å². The molecule has 3 heteroatoms. The van der Waals surface area contributed by atoms with Crippen LogP contribution >= 0.6 is 31.9 Å². The van der Waals surface area contributed by atoms with Gasteiger partial charge in [-0.25, -0.2) is 0 Å². The molecule has 0 heterocycles. The molecule has 1 unspecified atom stereocenters. The van der Waals surface area contributed by atoms with Crippen LogP contribution in [0.2, 0.25) is 0 Å². The van der Waals surface area contributed by atoms with Crippen LogP contribution in [-0.2, 0) is 4.79 Å². The monoisotopic (exact) mass is 454 g/mol. The van der Waals surface area contributed by atoms with Crippen LogP contribution in [-0.4, -0.2) is 5.78 Å². The number of hydrogen-bond donors (Lipinski definition) is 0. The molecule has 1 atom stereocenters. The topological polar surface area (TPSA) is 17.1 Å². The predicted molar refractivity (Wildman–Crippen MR) is 111 cm³/mol. The van der Waals surface area contributed by atoms with Gasteiger partial charge in [0.1, 0.15) is 0 Å². The molecule has 0 saturated heterocycles. The van der Waals surface area contributed by atoms with E-state index >= 15 is 0 Å². The lowest BCUT2D eigenvalue weighted by atomic mass is 9.80. The summed E-state index contributed by atoms with van der Waals surface area (Å²) in [5.74, 6) is 0.389. The molecular weight excluding hydrogens is 440 g/mol. The Balaban J connectivity index is 1.75. The summed E-state index contributed by atoms with van der Waals surface area (Å²) in [5, 5.41) is 2.41. The Bertz CT molecular complexity index is 1000. The van der Waals surface area contributed by atoms with Gasteiger partial charge in [-0.15, -0.1) is 0 Å². The van der Waals surface area contributed by atoms with E-state index in [4.69, 9.17) is 0 Å². The Kier molecular flexibility index (Phi) is 4.61. The lowest BCUT2D eigenvalue weighted by Gasteiger charge is -2.24. The van der Waals surface area contributed by atoms with Gasteiger partial charge in [0.25, 0.3) is 0 Å². The summed E-state index contributed by atoms with van der Waals surface area (Å²) in [6.07, 6.45) is 3.24. The zero-order chi connectivity index (χ0) is 17.4. The molecule has 0 aromatic heterocycles. The minimum atomic E-state index is 0.193. The molecule has 4 rings (SSSR count). The minimum absolute atomic E-state index is 0.193. The van der Waals surface area contributed by atoms with Crippen LogP contribution in [0, 0.1) is 0 Å². The first kappa shape index (κ1) is 16.7. The van der Waals surface area contributed by atoms with Crippen molar-refractivity contribution in [1.29, 1.82) is 0 Å². The van der Waals surface area contributed by atoms with Gasteiger partial charge in [0, 0.05) is 15.4 Å². The van der Waals surface area contributed by atoms with Gasteiger partial charge in [0.05, 0.1) is 0 Å². The highest BCUT2D eigenvalue weighted by Crippen LogP contribution is 2.42. The first-order valence-electron chi connectivity index (χ1n) is 8.29. The van der Waals surface area contributed by atoms with E-state index in [1.165, 1.54) is 16.3 Å². The molecule has 0 N–H and O–H groups in total. The van der Waals surface area contributed by atoms with E-state index in [0.29, 0.717) is 6.42 Å². The van der Waals surface area contributed by atoms with E-state index in [1.54, 1.807) is 0 Å². The van der Waals surface area contributed by atoms with E-state index in [0.717, 1.165) is 26.5 Å². The average molecular weight is 456 g/mol. The van der Waals surface area contributed by atoms with Crippen molar-refractivity contribution < 1.29 is 4.79 Å². The van der Waals surface area contributed by atoms with Crippen LogP contribution in [0.5, 0.6) is 0 Å². The van der Waals surface area contributed by atoms with Crippen molar-refractivity contribution in [3.8, 4) is 0 Å². The van der Waals surface area contributed by atoms with Crippen molar-refractivity contribution in [1.82, 2.24) is 0 Å². The summed E-state index contributed by atoms with van der Waals surface area (Å²) in [7, 11) is 0. The van der Waals surface area contributed by atoms with Crippen molar-refractivity contribution in [3.63, 3.8) is 0 Å². The van der Waals surface area contributed by atoms with E-state index in [9.17, 15) is 4.79 Å². The van der Waals surface area contributed by atoms with Crippen LogP contribution in [0.3, 0.4) is 0 Å². The molecule has 0 amide bonds. The van der Waals surface area contributed by atoms with Gasteiger partial charge in [-0.1, -0.05) is 70.5 Å². The van der Waals surface area contributed by atoms with Crippen molar-refractivity contribution in [2.75, 3.05) is 0 Å². The zero-order valence-electron chi connectivity index (χ0n) is 13.5. The summed E-state index contributed by atoms with van der Waals surface area (Å²) in [4.78, 5) is 12.4. The minimum Gasteiger partial charge on any atom is -0.295 e. The van der Waals surface area contributed by atoms with Crippen LogP contribution in [0.25, 0.3) is 16.3 Å². The highest BCUT2D eigenvalue weighted by molar-refractivity contribution is 9.11. The Morgan fingerprint density at radius 3 is 2.44 bits per heavy atom. The number of benzene rings is 3. The molecule has 0 radical (unpaired) electrons. The number of fused-ring (bicyclic) bond motifs is 1. The maximum Gasteiger partial charge on any atom is 0.156 e. The molecular formula is C22H16Br2O. The highest BCUT2D eigenvalue weighted by atomic mass is 79.9. The molecule has 25 heavy (non-hydrogen) atoms. The number of carbonyl (C=O) groups is 1. The quantitative estimate of drug-likeness (QED) is 0.410. The summed E-state index contributed by atoms with van der Waals surface area (Å²) >= 11 is 7.40. The van der Waals surface area contributed by atoms with Crippen molar-refractivity contribution in [2.45, 2.75) is 18.8 Å². The maximum atomic E-state index is 12.4. The second-order valence-corrected chi connectivity index (χ2v) is 8.06. The molecule has 124 valence electrons. The molecule has 3 aromatic rings. The van der Waals surface area contributed by atoms with Crippen molar-refractivity contribution >= 4 is 54.0 Å². The third kappa shape index (κ3) is 3.23. The van der Waals surface area contributed by atoms with Crippen LogP contribution in [0.1, 0.15) is 29.9 Å². The summed E-state index contributed by atoms with van der Waals surface area (Å²) in [5.41, 5.74) is 3.43. The first-order valence-corrected chi connectivity index (χ1v) is 9.87.